The minimum atomic E-state index is -0.327. The summed E-state index contributed by atoms with van der Waals surface area (Å²) in [5, 5.41) is 0. The van der Waals surface area contributed by atoms with Gasteiger partial charge in [0.2, 0.25) is 5.91 Å². The van der Waals surface area contributed by atoms with Gasteiger partial charge in [-0.2, -0.15) is 0 Å². The number of amides is 1. The first-order valence-electron chi connectivity index (χ1n) is 6.03. The molecule has 1 aliphatic rings. The van der Waals surface area contributed by atoms with E-state index in [0.717, 1.165) is 6.42 Å². The van der Waals surface area contributed by atoms with Crippen LogP contribution in [-0.4, -0.2) is 5.91 Å². The first-order valence-corrected chi connectivity index (χ1v) is 6.03. The molecule has 0 atom stereocenters. The number of nitrogens with two attached hydrogens (primary N) is 1. The molecule has 0 bridgehead atoms. The first kappa shape index (κ1) is 15.8. The van der Waals surface area contributed by atoms with Crippen LogP contribution in [-0.2, 0) is 4.79 Å². The van der Waals surface area contributed by atoms with Gasteiger partial charge in [0, 0.05) is 5.41 Å². The lowest BCUT2D eigenvalue weighted by atomic mass is 9.69. The van der Waals surface area contributed by atoms with E-state index in [-0.39, 0.29) is 23.7 Å². The molecule has 0 heterocycles. The third-order valence-electron chi connectivity index (χ3n) is 3.92. The first-order chi connectivity index (χ1) is 6.73. The summed E-state index contributed by atoms with van der Waals surface area (Å²) in [6.45, 7) is 8.61. The molecule has 1 rings (SSSR count). The fraction of sp³-hybridized carbons (Fsp3) is 0.923. The smallest absolute Gasteiger partial charge is 0.223 e. The van der Waals surface area contributed by atoms with E-state index in [2.05, 4.69) is 13.8 Å². The van der Waals surface area contributed by atoms with Crippen LogP contribution in [0.1, 0.15) is 59.8 Å². The van der Waals surface area contributed by atoms with E-state index in [1.54, 1.807) is 0 Å². The summed E-state index contributed by atoms with van der Waals surface area (Å²) in [4.78, 5) is 11.2. The summed E-state index contributed by atoms with van der Waals surface area (Å²) in [7, 11) is 0. The maximum absolute atomic E-state index is 11.2. The Balaban J connectivity index is 0.00000225. The van der Waals surface area contributed by atoms with Gasteiger partial charge < -0.3 is 5.73 Å². The maximum atomic E-state index is 11.2. The van der Waals surface area contributed by atoms with E-state index in [4.69, 9.17) is 5.73 Å². The zero-order valence-electron chi connectivity index (χ0n) is 11.0. The summed E-state index contributed by atoms with van der Waals surface area (Å²) in [6, 6.07) is 0. The standard InChI is InChI=1S/C13H25NO.ClH/c1-12(2)7-5-10(6-8-12)9-13(3,4)11(14)15;/h10H,5-9H2,1-4H3,(H2,14,15);1H. The van der Waals surface area contributed by atoms with Crippen molar-refractivity contribution in [1.29, 1.82) is 0 Å². The minimum Gasteiger partial charge on any atom is -0.369 e. The van der Waals surface area contributed by atoms with E-state index in [1.165, 1.54) is 25.7 Å². The van der Waals surface area contributed by atoms with E-state index >= 15 is 0 Å². The van der Waals surface area contributed by atoms with E-state index in [0.29, 0.717) is 11.3 Å². The Bertz CT molecular complexity index is 238. The van der Waals surface area contributed by atoms with Gasteiger partial charge in [-0.25, -0.2) is 0 Å². The average molecular weight is 248 g/mol. The Morgan fingerprint density at radius 2 is 1.75 bits per heavy atom. The lowest BCUT2D eigenvalue weighted by Crippen LogP contribution is -2.34. The second-order valence-electron chi connectivity index (χ2n) is 6.56. The fourth-order valence-electron chi connectivity index (χ4n) is 2.49. The number of rotatable bonds is 3. The molecule has 1 saturated carbocycles. The molecule has 0 saturated heterocycles. The second kappa shape index (κ2) is 5.39. The highest BCUT2D eigenvalue weighted by atomic mass is 35.5. The molecular weight excluding hydrogens is 222 g/mol. The van der Waals surface area contributed by atoms with Gasteiger partial charge in [0.15, 0.2) is 0 Å². The van der Waals surface area contributed by atoms with Crippen LogP contribution >= 0.6 is 12.4 Å². The molecule has 1 fully saturated rings. The van der Waals surface area contributed by atoms with Crippen molar-refractivity contribution in [2.75, 3.05) is 0 Å². The lowest BCUT2D eigenvalue weighted by Gasteiger charge is -2.37. The largest absolute Gasteiger partial charge is 0.369 e. The van der Waals surface area contributed by atoms with E-state index in [1.807, 2.05) is 13.8 Å². The molecule has 16 heavy (non-hydrogen) atoms. The van der Waals surface area contributed by atoms with Crippen molar-refractivity contribution in [1.82, 2.24) is 0 Å². The topological polar surface area (TPSA) is 43.1 Å². The molecule has 1 aliphatic carbocycles. The number of carbonyl (C=O) groups excluding carboxylic acids is 1. The van der Waals surface area contributed by atoms with Crippen molar-refractivity contribution in [3.63, 3.8) is 0 Å². The Morgan fingerprint density at radius 3 is 2.12 bits per heavy atom. The van der Waals surface area contributed by atoms with Gasteiger partial charge in [-0.3, -0.25) is 4.79 Å². The molecular formula is C13H26ClNO. The predicted molar refractivity (Wildman–Crippen MR) is 70.6 cm³/mol. The third-order valence-corrected chi connectivity index (χ3v) is 3.92. The van der Waals surface area contributed by atoms with Crippen LogP contribution in [0.25, 0.3) is 0 Å². The normalized spacial score (nSPS) is 21.2. The number of halogens is 1. The van der Waals surface area contributed by atoms with Crippen molar-refractivity contribution in [2.24, 2.45) is 22.5 Å². The molecule has 0 aromatic heterocycles. The van der Waals surface area contributed by atoms with Crippen molar-refractivity contribution >= 4 is 18.3 Å². The van der Waals surface area contributed by atoms with Gasteiger partial charge >= 0.3 is 0 Å². The third kappa shape index (κ3) is 4.32. The fourth-order valence-corrected chi connectivity index (χ4v) is 2.49. The Morgan fingerprint density at radius 1 is 1.31 bits per heavy atom. The molecule has 1 amide bonds. The maximum Gasteiger partial charge on any atom is 0.223 e. The van der Waals surface area contributed by atoms with Crippen LogP contribution in [0.2, 0.25) is 0 Å². The number of primary amides is 1. The van der Waals surface area contributed by atoms with Crippen LogP contribution in [0.4, 0.5) is 0 Å². The molecule has 0 aliphatic heterocycles. The van der Waals surface area contributed by atoms with E-state index in [9.17, 15) is 4.79 Å². The number of hydrogen-bond acceptors (Lipinski definition) is 1. The highest BCUT2D eigenvalue weighted by Crippen LogP contribution is 2.42. The van der Waals surface area contributed by atoms with Crippen molar-refractivity contribution in [3.8, 4) is 0 Å². The molecule has 2 nitrogen and oxygen atoms in total. The molecule has 96 valence electrons. The van der Waals surface area contributed by atoms with Crippen LogP contribution in [0.3, 0.4) is 0 Å². The average Bonchev–Trinajstić information content (AvgIpc) is 2.08. The van der Waals surface area contributed by atoms with Crippen LogP contribution < -0.4 is 5.73 Å². The summed E-state index contributed by atoms with van der Waals surface area (Å²) < 4.78 is 0. The Hall–Kier alpha value is -0.240. The van der Waals surface area contributed by atoms with Crippen molar-refractivity contribution in [3.05, 3.63) is 0 Å². The monoisotopic (exact) mass is 247 g/mol. The zero-order chi connectivity index (χ0) is 11.7. The van der Waals surface area contributed by atoms with Gasteiger partial charge in [0.05, 0.1) is 0 Å². The zero-order valence-corrected chi connectivity index (χ0v) is 11.8. The second-order valence-corrected chi connectivity index (χ2v) is 6.56. The summed E-state index contributed by atoms with van der Waals surface area (Å²) in [6.07, 6.45) is 6.03. The molecule has 0 spiro atoms. The summed E-state index contributed by atoms with van der Waals surface area (Å²) in [5.74, 6) is 0.535. The summed E-state index contributed by atoms with van der Waals surface area (Å²) in [5.41, 5.74) is 5.58. The van der Waals surface area contributed by atoms with E-state index < -0.39 is 0 Å². The molecule has 0 aromatic rings. The number of hydrogen-bond donors (Lipinski definition) is 1. The molecule has 0 radical (unpaired) electrons. The van der Waals surface area contributed by atoms with Gasteiger partial charge in [-0.15, -0.1) is 12.4 Å². The quantitative estimate of drug-likeness (QED) is 0.815. The van der Waals surface area contributed by atoms with Crippen LogP contribution in [0.15, 0.2) is 0 Å². The predicted octanol–water partition coefficient (Wildman–Crippen LogP) is 3.53. The Kier molecular flexibility index (Phi) is 5.31. The molecule has 0 aromatic carbocycles. The van der Waals surface area contributed by atoms with Crippen LogP contribution in [0.5, 0.6) is 0 Å². The number of carbonyl (C=O) groups is 1. The van der Waals surface area contributed by atoms with Gasteiger partial charge in [-0.05, 0) is 43.4 Å². The van der Waals surface area contributed by atoms with Gasteiger partial charge in [0.25, 0.3) is 0 Å². The van der Waals surface area contributed by atoms with Crippen LogP contribution in [0, 0.1) is 16.7 Å². The Labute approximate surface area is 106 Å². The van der Waals surface area contributed by atoms with Gasteiger partial charge in [-0.1, -0.05) is 27.7 Å². The summed E-state index contributed by atoms with van der Waals surface area (Å²) >= 11 is 0. The highest BCUT2D eigenvalue weighted by Gasteiger charge is 2.33. The van der Waals surface area contributed by atoms with Crippen molar-refractivity contribution in [2.45, 2.75) is 59.8 Å². The highest BCUT2D eigenvalue weighted by molar-refractivity contribution is 5.85. The SMILES string of the molecule is CC1(C)CCC(CC(C)(C)C(N)=O)CC1.Cl. The molecule has 0 unspecified atom stereocenters. The minimum absolute atomic E-state index is 0. The van der Waals surface area contributed by atoms with Crippen molar-refractivity contribution < 1.29 is 4.79 Å². The molecule has 3 heteroatoms. The lowest BCUT2D eigenvalue weighted by molar-refractivity contribution is -0.127. The molecule has 2 N–H and O–H groups in total. The van der Waals surface area contributed by atoms with Gasteiger partial charge in [0.1, 0.15) is 0 Å².